The molecule has 0 saturated heterocycles. The molecule has 0 saturated carbocycles. The van der Waals surface area contributed by atoms with Crippen molar-refractivity contribution in [1.82, 2.24) is 30.4 Å². The Kier molecular flexibility index (Phi) is 6.03. The molecule has 0 spiro atoms. The summed E-state index contributed by atoms with van der Waals surface area (Å²) in [5.41, 5.74) is 1.54. The largest absolute Gasteiger partial charge is 0.461 e. The molecule has 0 aliphatic heterocycles. The van der Waals surface area contributed by atoms with E-state index in [1.165, 1.54) is 17.8 Å². The molecule has 160 valence electrons. The van der Waals surface area contributed by atoms with Gasteiger partial charge in [-0.3, -0.25) is 20.1 Å². The van der Waals surface area contributed by atoms with Crippen LogP contribution in [-0.2, 0) is 4.74 Å². The zero-order valence-corrected chi connectivity index (χ0v) is 17.8. The van der Waals surface area contributed by atoms with Gasteiger partial charge >= 0.3 is 5.97 Å². The molecule has 0 unspecified atom stereocenters. The van der Waals surface area contributed by atoms with Crippen LogP contribution in [0, 0.1) is 6.92 Å². The Morgan fingerprint density at radius 2 is 2.03 bits per heavy atom. The van der Waals surface area contributed by atoms with Crippen molar-refractivity contribution in [3.8, 4) is 0 Å². The first-order chi connectivity index (χ1) is 15.0. The van der Waals surface area contributed by atoms with Crippen LogP contribution < -0.4 is 10.9 Å². The summed E-state index contributed by atoms with van der Waals surface area (Å²) in [7, 11) is 0. The van der Waals surface area contributed by atoms with Crippen LogP contribution in [0.1, 0.15) is 35.9 Å². The van der Waals surface area contributed by atoms with E-state index >= 15 is 0 Å². The molecule has 4 aromatic rings. The average molecular weight is 440 g/mol. The number of aryl methyl sites for hydroxylation is 1. The van der Waals surface area contributed by atoms with Crippen LogP contribution >= 0.6 is 11.8 Å². The summed E-state index contributed by atoms with van der Waals surface area (Å²) in [5, 5.41) is 16.4. The molecule has 31 heavy (non-hydrogen) atoms. The van der Waals surface area contributed by atoms with E-state index in [9.17, 15) is 9.59 Å². The third-order valence-electron chi connectivity index (χ3n) is 4.36. The molecule has 0 aliphatic carbocycles. The van der Waals surface area contributed by atoms with E-state index in [1.54, 1.807) is 12.1 Å². The number of benzene rings is 1. The highest BCUT2D eigenvalue weighted by molar-refractivity contribution is 7.99. The van der Waals surface area contributed by atoms with Gasteiger partial charge in [0.25, 0.3) is 5.56 Å². The molecule has 10 nitrogen and oxygen atoms in total. The highest BCUT2D eigenvalue weighted by atomic mass is 32.2. The predicted octanol–water partition coefficient (Wildman–Crippen LogP) is 3.53. The normalized spacial score (nSPS) is 11.0. The molecule has 1 aromatic carbocycles. The van der Waals surface area contributed by atoms with Crippen molar-refractivity contribution in [3.63, 3.8) is 0 Å². The molecule has 0 atom stereocenters. The minimum absolute atomic E-state index is 0.152. The van der Waals surface area contributed by atoms with Crippen LogP contribution in [-0.4, -0.2) is 42.9 Å². The first-order valence-electron chi connectivity index (χ1n) is 9.75. The Labute approximate surface area is 181 Å². The number of hydrogen-bond donors (Lipinski definition) is 4. The van der Waals surface area contributed by atoms with Crippen LogP contribution in [0.5, 0.6) is 0 Å². The van der Waals surface area contributed by atoms with Gasteiger partial charge in [-0.25, -0.2) is 14.8 Å². The van der Waals surface area contributed by atoms with Crippen molar-refractivity contribution >= 4 is 40.3 Å². The maximum absolute atomic E-state index is 12.5. The van der Waals surface area contributed by atoms with Gasteiger partial charge < -0.3 is 10.1 Å². The molecule has 0 aliphatic rings. The average Bonchev–Trinajstić information content (AvgIpc) is 3.33. The molecule has 4 rings (SSSR count). The van der Waals surface area contributed by atoms with Gasteiger partial charge in [-0.2, -0.15) is 5.10 Å². The van der Waals surface area contributed by atoms with Gasteiger partial charge in [0.05, 0.1) is 17.5 Å². The van der Waals surface area contributed by atoms with Gasteiger partial charge in [-0.15, -0.1) is 0 Å². The van der Waals surface area contributed by atoms with Gasteiger partial charge in [-0.05, 0) is 43.3 Å². The van der Waals surface area contributed by atoms with E-state index in [1.807, 2.05) is 26.0 Å². The van der Waals surface area contributed by atoms with Crippen molar-refractivity contribution < 1.29 is 9.53 Å². The third kappa shape index (κ3) is 4.94. The zero-order chi connectivity index (χ0) is 21.8. The maximum atomic E-state index is 12.5. The van der Waals surface area contributed by atoms with Gasteiger partial charge in [0.15, 0.2) is 16.7 Å². The number of rotatable bonds is 8. The third-order valence-corrected chi connectivity index (χ3v) is 5.22. The molecule has 4 N–H and O–H groups in total. The number of esters is 1. The number of nitrogens with zero attached hydrogens (tertiary/aromatic N) is 3. The number of nitrogens with one attached hydrogen (secondary N) is 4. The Hall–Kier alpha value is -3.60. The Bertz CT molecular complexity index is 1280. The van der Waals surface area contributed by atoms with Gasteiger partial charge in [-0.1, -0.05) is 13.3 Å². The summed E-state index contributed by atoms with van der Waals surface area (Å²) in [6, 6.07) is 8.70. The molecule has 0 bridgehead atoms. The number of carbonyl (C=O) groups excluding carboxylic acids is 1. The number of ether oxygens (including phenoxy) is 1. The van der Waals surface area contributed by atoms with Crippen LogP contribution in [0.4, 0.5) is 11.6 Å². The van der Waals surface area contributed by atoms with E-state index in [4.69, 9.17) is 4.74 Å². The Morgan fingerprint density at radius 1 is 1.16 bits per heavy atom. The van der Waals surface area contributed by atoms with Gasteiger partial charge in [0, 0.05) is 22.7 Å². The lowest BCUT2D eigenvalue weighted by Gasteiger charge is -2.09. The van der Waals surface area contributed by atoms with E-state index in [-0.39, 0.29) is 11.3 Å². The molecule has 0 radical (unpaired) electrons. The lowest BCUT2D eigenvalue weighted by molar-refractivity contribution is 0.0491. The number of H-pyrrole nitrogens is 3. The van der Waals surface area contributed by atoms with Crippen LogP contribution in [0.3, 0.4) is 0 Å². The second-order valence-electron chi connectivity index (χ2n) is 6.86. The van der Waals surface area contributed by atoms with E-state index < -0.39 is 5.97 Å². The first-order valence-corrected chi connectivity index (χ1v) is 10.6. The first kappa shape index (κ1) is 20.7. The van der Waals surface area contributed by atoms with Crippen LogP contribution in [0.15, 0.2) is 45.2 Å². The zero-order valence-electron chi connectivity index (χ0n) is 17.0. The van der Waals surface area contributed by atoms with Crippen molar-refractivity contribution in [2.75, 3.05) is 11.9 Å². The van der Waals surface area contributed by atoms with Crippen molar-refractivity contribution in [1.29, 1.82) is 0 Å². The summed E-state index contributed by atoms with van der Waals surface area (Å²) >= 11 is 1.27. The summed E-state index contributed by atoms with van der Waals surface area (Å²) in [6.07, 6.45) is 1.71. The fraction of sp³-hybridized carbons (Fsp3) is 0.250. The molecule has 3 heterocycles. The maximum Gasteiger partial charge on any atom is 0.357 e. The molecule has 3 aromatic heterocycles. The van der Waals surface area contributed by atoms with Crippen molar-refractivity contribution in [2.45, 2.75) is 36.7 Å². The van der Waals surface area contributed by atoms with Crippen molar-refractivity contribution in [2.24, 2.45) is 0 Å². The standard InChI is InChI=1S/C20H21N7O3S/c1-3-4-7-30-19(29)15-10-16(22-17-8-11(2)24-26-17)23-20(21-15)31-12-5-6-13-14(9-12)25-27-18(13)28/h5-6,8-10H,3-4,7H2,1-2H3,(H2,25,27,28)(H2,21,22,23,24,26). The number of aromatic amines is 3. The van der Waals surface area contributed by atoms with E-state index in [2.05, 4.69) is 35.7 Å². The monoisotopic (exact) mass is 439 g/mol. The molecular weight excluding hydrogens is 418 g/mol. The lowest BCUT2D eigenvalue weighted by atomic mass is 10.2. The van der Waals surface area contributed by atoms with Crippen LogP contribution in [0.2, 0.25) is 0 Å². The smallest absolute Gasteiger partial charge is 0.357 e. The predicted molar refractivity (Wildman–Crippen MR) is 117 cm³/mol. The van der Waals surface area contributed by atoms with Gasteiger partial charge in [0.1, 0.15) is 5.82 Å². The number of carbonyl (C=O) groups is 1. The summed E-state index contributed by atoms with van der Waals surface area (Å²) in [4.78, 5) is 33.9. The highest BCUT2D eigenvalue weighted by Crippen LogP contribution is 2.28. The fourth-order valence-corrected chi connectivity index (χ4v) is 3.63. The molecule has 0 fully saturated rings. The Balaban J connectivity index is 1.63. The number of aromatic nitrogens is 6. The highest BCUT2D eigenvalue weighted by Gasteiger charge is 2.15. The summed E-state index contributed by atoms with van der Waals surface area (Å²) < 4.78 is 5.31. The number of anilines is 2. The van der Waals surface area contributed by atoms with Crippen molar-refractivity contribution in [3.05, 3.63) is 52.1 Å². The van der Waals surface area contributed by atoms with E-state index in [0.29, 0.717) is 34.3 Å². The topological polar surface area (TPSA) is 141 Å². The summed E-state index contributed by atoms with van der Waals surface area (Å²) in [6.45, 7) is 4.24. The minimum Gasteiger partial charge on any atom is -0.461 e. The number of hydrogen-bond acceptors (Lipinski definition) is 8. The fourth-order valence-electron chi connectivity index (χ4n) is 2.82. The SMILES string of the molecule is CCCCOC(=O)c1cc(Nc2cc(C)[nH]n2)nc(Sc2ccc3c(=O)[nH][nH]c3c2)n1. The van der Waals surface area contributed by atoms with Crippen LogP contribution in [0.25, 0.3) is 10.9 Å². The van der Waals surface area contributed by atoms with Gasteiger partial charge in [0.2, 0.25) is 0 Å². The molecule has 0 amide bonds. The number of fused-ring (bicyclic) bond motifs is 1. The minimum atomic E-state index is -0.510. The Morgan fingerprint density at radius 3 is 2.81 bits per heavy atom. The quantitative estimate of drug-likeness (QED) is 0.186. The summed E-state index contributed by atoms with van der Waals surface area (Å²) in [5.74, 6) is 0.482. The molecule has 11 heteroatoms. The number of unbranched alkanes of at least 4 members (excludes halogenated alkanes) is 1. The van der Waals surface area contributed by atoms with E-state index in [0.717, 1.165) is 23.4 Å². The lowest BCUT2D eigenvalue weighted by Crippen LogP contribution is -2.11. The second kappa shape index (κ2) is 9.04. The molecular formula is C20H21N7O3S. The second-order valence-corrected chi connectivity index (χ2v) is 7.90.